The van der Waals surface area contributed by atoms with Gasteiger partial charge in [-0.2, -0.15) is 11.8 Å². The van der Waals surface area contributed by atoms with Gasteiger partial charge >= 0.3 is 0 Å². The normalized spacial score (nSPS) is 20.8. The Hall–Kier alpha value is -0.500. The van der Waals surface area contributed by atoms with Crippen LogP contribution in [-0.2, 0) is 22.9 Å². The van der Waals surface area contributed by atoms with Crippen LogP contribution < -0.4 is 5.32 Å². The molecule has 0 aliphatic carbocycles. The summed E-state index contributed by atoms with van der Waals surface area (Å²) in [6.07, 6.45) is 4.09. The smallest absolute Gasteiger partial charge is 0.164 e. The second-order valence-electron chi connectivity index (χ2n) is 5.38. The molecule has 120 valence electrons. The van der Waals surface area contributed by atoms with Crippen LogP contribution in [0.2, 0.25) is 0 Å². The molecule has 1 aromatic rings. The number of hydrogen-bond donors (Lipinski definition) is 1. The van der Waals surface area contributed by atoms with Gasteiger partial charge in [0.15, 0.2) is 9.84 Å². The van der Waals surface area contributed by atoms with E-state index in [1.165, 1.54) is 6.26 Å². The molecule has 1 fully saturated rings. The van der Waals surface area contributed by atoms with Crippen molar-refractivity contribution < 1.29 is 12.8 Å². The van der Waals surface area contributed by atoms with E-state index < -0.39 is 9.84 Å². The van der Waals surface area contributed by atoms with E-state index in [1.54, 1.807) is 18.0 Å². The summed E-state index contributed by atoms with van der Waals surface area (Å²) in [6.45, 7) is 5.21. The molecule has 0 aromatic carbocycles. The first-order valence-electron chi connectivity index (χ1n) is 7.29. The van der Waals surface area contributed by atoms with Crippen molar-refractivity contribution in [3.8, 4) is 0 Å². The Morgan fingerprint density at radius 1 is 1.52 bits per heavy atom. The monoisotopic (exact) mass is 332 g/mol. The second-order valence-corrected chi connectivity index (χ2v) is 8.73. The molecule has 1 aliphatic heterocycles. The number of furan rings is 1. The third-order valence-electron chi connectivity index (χ3n) is 3.61. The van der Waals surface area contributed by atoms with E-state index in [1.807, 2.05) is 6.07 Å². The van der Waals surface area contributed by atoms with Crippen LogP contribution in [0.15, 0.2) is 16.7 Å². The second kappa shape index (κ2) is 7.67. The maximum atomic E-state index is 11.9. The molecule has 2 heterocycles. The lowest BCUT2D eigenvalue weighted by Gasteiger charge is -2.33. The van der Waals surface area contributed by atoms with E-state index in [4.69, 9.17) is 4.42 Å². The molecule has 0 radical (unpaired) electrons. The summed E-state index contributed by atoms with van der Waals surface area (Å²) in [7, 11) is -3.05. The van der Waals surface area contributed by atoms with Crippen molar-refractivity contribution >= 4 is 21.6 Å². The van der Waals surface area contributed by atoms with E-state index in [2.05, 4.69) is 17.1 Å². The lowest BCUT2D eigenvalue weighted by molar-refractivity contribution is 0.259. The molecular weight excluding hydrogens is 308 g/mol. The zero-order valence-corrected chi connectivity index (χ0v) is 14.3. The molecule has 1 aromatic heterocycles. The van der Waals surface area contributed by atoms with Gasteiger partial charge in [-0.3, -0.25) is 4.90 Å². The summed E-state index contributed by atoms with van der Waals surface area (Å²) in [5.74, 6) is 2.54. The number of nitrogens with one attached hydrogen (secondary N) is 1. The van der Waals surface area contributed by atoms with Gasteiger partial charge in [0.25, 0.3) is 0 Å². The van der Waals surface area contributed by atoms with Crippen molar-refractivity contribution in [2.45, 2.75) is 31.8 Å². The standard InChI is InChI=1S/C14H24N2O3S2/c1-3-5-15-9-13-12(4-7-19-13)10-16-6-8-20-11-14(16)21(2,17)18/h4,7,14-15H,3,5-6,8-11H2,1-2H3. The van der Waals surface area contributed by atoms with Crippen LogP contribution in [0.5, 0.6) is 0 Å². The largest absolute Gasteiger partial charge is 0.468 e. The molecule has 0 saturated carbocycles. The highest BCUT2D eigenvalue weighted by atomic mass is 32.2. The fourth-order valence-electron chi connectivity index (χ4n) is 2.45. The van der Waals surface area contributed by atoms with E-state index in [0.29, 0.717) is 18.8 Å². The summed E-state index contributed by atoms with van der Waals surface area (Å²) in [5.41, 5.74) is 1.08. The first kappa shape index (κ1) is 16.9. The minimum Gasteiger partial charge on any atom is -0.468 e. The summed E-state index contributed by atoms with van der Waals surface area (Å²) >= 11 is 1.71. The Kier molecular flexibility index (Phi) is 6.16. The molecule has 5 nitrogen and oxygen atoms in total. The van der Waals surface area contributed by atoms with Crippen LogP contribution in [0.25, 0.3) is 0 Å². The first-order chi connectivity index (χ1) is 10.0. The van der Waals surface area contributed by atoms with Crippen LogP contribution in [0, 0.1) is 0 Å². The summed E-state index contributed by atoms with van der Waals surface area (Å²) in [4.78, 5) is 2.06. The van der Waals surface area contributed by atoms with Crippen molar-refractivity contribution in [1.82, 2.24) is 10.2 Å². The minimum atomic E-state index is -3.05. The molecule has 0 bridgehead atoms. The van der Waals surface area contributed by atoms with Gasteiger partial charge in [-0.25, -0.2) is 8.42 Å². The lowest BCUT2D eigenvalue weighted by Crippen LogP contribution is -2.46. The molecule has 0 spiro atoms. The average Bonchev–Trinajstić information content (AvgIpc) is 2.86. The fourth-order valence-corrected chi connectivity index (χ4v) is 5.39. The van der Waals surface area contributed by atoms with Crippen molar-refractivity contribution in [3.63, 3.8) is 0 Å². The Morgan fingerprint density at radius 3 is 3.05 bits per heavy atom. The molecule has 21 heavy (non-hydrogen) atoms. The fraction of sp³-hybridized carbons (Fsp3) is 0.714. The molecule has 7 heteroatoms. The van der Waals surface area contributed by atoms with Crippen molar-refractivity contribution in [1.29, 1.82) is 0 Å². The van der Waals surface area contributed by atoms with Crippen LogP contribution in [0.1, 0.15) is 24.7 Å². The average molecular weight is 332 g/mol. The minimum absolute atomic E-state index is 0.386. The van der Waals surface area contributed by atoms with Crippen LogP contribution in [-0.4, -0.2) is 49.5 Å². The maximum absolute atomic E-state index is 11.9. The molecular formula is C14H24N2O3S2. The first-order valence-corrected chi connectivity index (χ1v) is 10.4. The van der Waals surface area contributed by atoms with Gasteiger partial charge in [-0.1, -0.05) is 6.92 Å². The molecule has 1 saturated heterocycles. The van der Waals surface area contributed by atoms with Gasteiger partial charge in [0.2, 0.25) is 0 Å². The molecule has 2 rings (SSSR count). The Bertz CT molecular complexity index is 542. The number of nitrogens with zero attached hydrogens (tertiary/aromatic N) is 1. The topological polar surface area (TPSA) is 62.6 Å². The highest BCUT2D eigenvalue weighted by Gasteiger charge is 2.31. The number of hydrogen-bond acceptors (Lipinski definition) is 6. The van der Waals surface area contributed by atoms with Gasteiger partial charge in [0.05, 0.1) is 12.8 Å². The third-order valence-corrected chi connectivity index (χ3v) is 6.30. The van der Waals surface area contributed by atoms with Gasteiger partial charge in [0, 0.05) is 36.4 Å². The summed E-state index contributed by atoms with van der Waals surface area (Å²) < 4.78 is 29.4. The third kappa shape index (κ3) is 4.74. The van der Waals surface area contributed by atoms with Crippen molar-refractivity contribution in [3.05, 3.63) is 23.7 Å². The highest BCUT2D eigenvalue weighted by Crippen LogP contribution is 2.23. The Labute approximate surface area is 131 Å². The lowest BCUT2D eigenvalue weighted by atomic mass is 10.2. The number of rotatable bonds is 7. The number of thioether (sulfide) groups is 1. The Morgan fingerprint density at radius 2 is 2.33 bits per heavy atom. The van der Waals surface area contributed by atoms with E-state index >= 15 is 0 Å². The van der Waals surface area contributed by atoms with E-state index in [-0.39, 0.29) is 5.37 Å². The SMILES string of the molecule is CCCNCc1occc1CN1CCSCC1S(C)(=O)=O. The van der Waals surface area contributed by atoms with Crippen LogP contribution in [0.4, 0.5) is 0 Å². The zero-order valence-electron chi connectivity index (χ0n) is 12.7. The van der Waals surface area contributed by atoms with Gasteiger partial charge in [-0.05, 0) is 19.0 Å². The van der Waals surface area contributed by atoms with E-state index in [9.17, 15) is 8.42 Å². The molecule has 1 aliphatic rings. The molecule has 1 N–H and O–H groups in total. The molecule has 0 amide bonds. The van der Waals surface area contributed by atoms with Gasteiger partial charge in [0.1, 0.15) is 11.1 Å². The van der Waals surface area contributed by atoms with Gasteiger partial charge in [-0.15, -0.1) is 0 Å². The number of sulfone groups is 1. The van der Waals surface area contributed by atoms with Crippen LogP contribution >= 0.6 is 11.8 Å². The highest BCUT2D eigenvalue weighted by molar-refractivity contribution is 8.00. The van der Waals surface area contributed by atoms with E-state index in [0.717, 1.165) is 36.6 Å². The summed E-state index contributed by atoms with van der Waals surface area (Å²) in [6, 6.07) is 1.95. The summed E-state index contributed by atoms with van der Waals surface area (Å²) in [5, 5.41) is 2.94. The molecule has 1 atom stereocenters. The molecule has 1 unspecified atom stereocenters. The van der Waals surface area contributed by atoms with Gasteiger partial charge < -0.3 is 9.73 Å². The van der Waals surface area contributed by atoms with Crippen molar-refractivity contribution in [2.75, 3.05) is 30.9 Å². The zero-order chi connectivity index (χ0) is 15.3. The van der Waals surface area contributed by atoms with Crippen molar-refractivity contribution in [2.24, 2.45) is 0 Å². The quantitative estimate of drug-likeness (QED) is 0.767. The maximum Gasteiger partial charge on any atom is 0.164 e. The Balaban J connectivity index is 2.04. The van der Waals surface area contributed by atoms with Crippen LogP contribution in [0.3, 0.4) is 0 Å². The predicted molar refractivity (Wildman–Crippen MR) is 87.1 cm³/mol. The predicted octanol–water partition coefficient (Wildman–Crippen LogP) is 1.70.